The molecular formula is C10H21NO2. The number of carbonyl (C=O) groups is 1. The molecule has 0 rings (SSSR count). The van der Waals surface area contributed by atoms with Gasteiger partial charge in [0.25, 0.3) is 0 Å². The molecule has 0 aromatic heterocycles. The van der Waals surface area contributed by atoms with E-state index in [1.807, 2.05) is 32.6 Å². The van der Waals surface area contributed by atoms with Crippen LogP contribution in [0.1, 0.15) is 27.7 Å². The van der Waals surface area contributed by atoms with Gasteiger partial charge in [-0.05, 0) is 13.8 Å². The maximum atomic E-state index is 11.6. The highest BCUT2D eigenvalue weighted by Crippen LogP contribution is 2.03. The number of nitrogens with zero attached hydrogens (tertiary/aromatic N) is 1. The van der Waals surface area contributed by atoms with E-state index in [4.69, 9.17) is 4.74 Å². The van der Waals surface area contributed by atoms with Crippen molar-refractivity contribution in [1.29, 1.82) is 0 Å². The van der Waals surface area contributed by atoms with Crippen LogP contribution in [-0.4, -0.2) is 37.1 Å². The molecule has 0 radical (unpaired) electrons. The van der Waals surface area contributed by atoms with Gasteiger partial charge in [-0.15, -0.1) is 0 Å². The topological polar surface area (TPSA) is 29.5 Å². The Morgan fingerprint density at radius 3 is 2.23 bits per heavy atom. The number of hydrogen-bond donors (Lipinski definition) is 0. The fraction of sp³-hybridized carbons (Fsp3) is 0.900. The van der Waals surface area contributed by atoms with E-state index in [0.29, 0.717) is 6.54 Å². The highest BCUT2D eigenvalue weighted by atomic mass is 16.5. The minimum absolute atomic E-state index is 0.0732. The number of amides is 1. The predicted molar refractivity (Wildman–Crippen MR) is 53.6 cm³/mol. The van der Waals surface area contributed by atoms with Gasteiger partial charge in [0.1, 0.15) is 0 Å². The van der Waals surface area contributed by atoms with Gasteiger partial charge in [-0.25, -0.2) is 0 Å². The number of hydrogen-bond acceptors (Lipinski definition) is 2. The van der Waals surface area contributed by atoms with Gasteiger partial charge in [-0.2, -0.15) is 0 Å². The third-order valence-corrected chi connectivity index (χ3v) is 2.07. The van der Waals surface area contributed by atoms with Gasteiger partial charge in [-0.1, -0.05) is 13.8 Å². The molecule has 13 heavy (non-hydrogen) atoms. The molecule has 3 nitrogen and oxygen atoms in total. The lowest BCUT2D eigenvalue weighted by Crippen LogP contribution is -2.39. The largest absolute Gasteiger partial charge is 0.380 e. The molecule has 1 amide bonds. The summed E-state index contributed by atoms with van der Waals surface area (Å²) in [5.41, 5.74) is 0. The van der Waals surface area contributed by atoms with Crippen molar-refractivity contribution in [3.05, 3.63) is 0 Å². The predicted octanol–water partition coefficient (Wildman–Crippen LogP) is 1.53. The molecule has 0 bridgehead atoms. The minimum atomic E-state index is 0.0732. The van der Waals surface area contributed by atoms with E-state index in [1.165, 1.54) is 0 Å². The lowest BCUT2D eigenvalue weighted by molar-refractivity contribution is -0.135. The summed E-state index contributed by atoms with van der Waals surface area (Å²) in [4.78, 5) is 13.4. The van der Waals surface area contributed by atoms with E-state index in [-0.39, 0.29) is 17.9 Å². The van der Waals surface area contributed by atoms with Gasteiger partial charge in [0, 0.05) is 26.1 Å². The van der Waals surface area contributed by atoms with Crippen molar-refractivity contribution in [2.24, 2.45) is 5.92 Å². The molecule has 0 saturated heterocycles. The van der Waals surface area contributed by atoms with Gasteiger partial charge in [-0.3, -0.25) is 4.79 Å². The molecule has 0 heterocycles. The molecule has 0 aliphatic heterocycles. The number of carbonyl (C=O) groups excluding carboxylic acids is 1. The van der Waals surface area contributed by atoms with Crippen molar-refractivity contribution in [3.63, 3.8) is 0 Å². The number of likely N-dealkylation sites (N-methyl/N-ethyl adjacent to an activating group) is 1. The summed E-state index contributed by atoms with van der Waals surface area (Å²) in [5, 5.41) is 0. The first-order valence-electron chi connectivity index (χ1n) is 4.84. The third-order valence-electron chi connectivity index (χ3n) is 2.07. The summed E-state index contributed by atoms with van der Waals surface area (Å²) < 4.78 is 5.12. The maximum absolute atomic E-state index is 11.6. The van der Waals surface area contributed by atoms with Gasteiger partial charge >= 0.3 is 0 Å². The smallest absolute Gasteiger partial charge is 0.225 e. The average molecular weight is 187 g/mol. The van der Waals surface area contributed by atoms with Crippen LogP contribution >= 0.6 is 0 Å². The lowest BCUT2D eigenvalue weighted by Gasteiger charge is -2.25. The van der Waals surface area contributed by atoms with Crippen molar-refractivity contribution in [2.45, 2.75) is 33.8 Å². The molecule has 0 aliphatic rings. The Morgan fingerprint density at radius 2 is 1.92 bits per heavy atom. The Labute approximate surface area is 81.1 Å². The van der Waals surface area contributed by atoms with E-state index in [1.54, 1.807) is 7.11 Å². The molecule has 0 aromatic rings. The van der Waals surface area contributed by atoms with Crippen LogP contribution in [0, 0.1) is 5.92 Å². The van der Waals surface area contributed by atoms with Crippen LogP contribution < -0.4 is 0 Å². The molecule has 0 fully saturated rings. The Hall–Kier alpha value is -0.570. The quantitative estimate of drug-likeness (QED) is 0.653. The highest BCUT2D eigenvalue weighted by Gasteiger charge is 2.17. The van der Waals surface area contributed by atoms with Crippen molar-refractivity contribution < 1.29 is 9.53 Å². The Morgan fingerprint density at radius 1 is 1.38 bits per heavy atom. The Balaban J connectivity index is 4.10. The zero-order valence-corrected chi connectivity index (χ0v) is 9.33. The zero-order valence-electron chi connectivity index (χ0n) is 9.33. The summed E-state index contributed by atoms with van der Waals surface area (Å²) in [6, 6.07) is 0. The van der Waals surface area contributed by atoms with Crippen LogP contribution in [-0.2, 0) is 9.53 Å². The summed E-state index contributed by atoms with van der Waals surface area (Å²) in [6.45, 7) is 9.23. The molecule has 0 spiro atoms. The van der Waals surface area contributed by atoms with E-state index in [9.17, 15) is 4.79 Å². The maximum Gasteiger partial charge on any atom is 0.225 e. The van der Waals surface area contributed by atoms with Crippen LogP contribution in [0.4, 0.5) is 0 Å². The van der Waals surface area contributed by atoms with Crippen LogP contribution in [0.25, 0.3) is 0 Å². The second kappa shape index (κ2) is 5.97. The van der Waals surface area contributed by atoms with Crippen molar-refractivity contribution in [2.75, 3.05) is 20.2 Å². The van der Waals surface area contributed by atoms with Gasteiger partial charge in [0.15, 0.2) is 0 Å². The highest BCUT2D eigenvalue weighted by molar-refractivity contribution is 5.78. The molecule has 0 aliphatic carbocycles. The van der Waals surface area contributed by atoms with Gasteiger partial charge in [0.2, 0.25) is 5.91 Å². The fourth-order valence-electron chi connectivity index (χ4n) is 1.12. The van der Waals surface area contributed by atoms with Gasteiger partial charge < -0.3 is 9.64 Å². The molecule has 0 unspecified atom stereocenters. The summed E-state index contributed by atoms with van der Waals surface area (Å²) >= 11 is 0. The first kappa shape index (κ1) is 12.4. The Bertz CT molecular complexity index is 157. The molecule has 78 valence electrons. The van der Waals surface area contributed by atoms with Crippen molar-refractivity contribution in [3.8, 4) is 0 Å². The van der Waals surface area contributed by atoms with Crippen molar-refractivity contribution >= 4 is 5.91 Å². The number of rotatable bonds is 5. The SMILES string of the molecule is CCN(C[C@H](C)OC)C(=O)C(C)C. The molecule has 1 atom stereocenters. The van der Waals surface area contributed by atoms with E-state index < -0.39 is 0 Å². The van der Waals surface area contributed by atoms with E-state index in [2.05, 4.69) is 0 Å². The van der Waals surface area contributed by atoms with E-state index >= 15 is 0 Å². The minimum Gasteiger partial charge on any atom is -0.380 e. The first-order chi connectivity index (χ1) is 6.02. The third kappa shape index (κ3) is 4.27. The van der Waals surface area contributed by atoms with Crippen molar-refractivity contribution in [1.82, 2.24) is 4.90 Å². The number of ether oxygens (including phenoxy) is 1. The second-order valence-electron chi connectivity index (χ2n) is 3.58. The average Bonchev–Trinajstić information content (AvgIpc) is 2.12. The fourth-order valence-corrected chi connectivity index (χ4v) is 1.12. The second-order valence-corrected chi connectivity index (χ2v) is 3.58. The normalized spacial score (nSPS) is 13.1. The summed E-state index contributed by atoms with van der Waals surface area (Å²) in [6.07, 6.45) is 0.114. The monoisotopic (exact) mass is 187 g/mol. The molecule has 3 heteroatoms. The standard InChI is InChI=1S/C10H21NO2/c1-6-11(7-9(4)13-5)10(12)8(2)3/h8-9H,6-7H2,1-5H3/t9-/m0/s1. The van der Waals surface area contributed by atoms with Crippen LogP contribution in [0.5, 0.6) is 0 Å². The van der Waals surface area contributed by atoms with Crippen LogP contribution in [0.3, 0.4) is 0 Å². The molecular weight excluding hydrogens is 166 g/mol. The number of methoxy groups -OCH3 is 1. The zero-order chi connectivity index (χ0) is 10.4. The van der Waals surface area contributed by atoms with Crippen LogP contribution in [0.15, 0.2) is 0 Å². The van der Waals surface area contributed by atoms with Gasteiger partial charge in [0.05, 0.1) is 6.10 Å². The van der Waals surface area contributed by atoms with Crippen LogP contribution in [0.2, 0.25) is 0 Å². The summed E-state index contributed by atoms with van der Waals surface area (Å²) in [7, 11) is 1.67. The Kier molecular flexibility index (Phi) is 5.71. The summed E-state index contributed by atoms with van der Waals surface area (Å²) in [5.74, 6) is 0.274. The first-order valence-corrected chi connectivity index (χ1v) is 4.84. The molecule has 0 N–H and O–H groups in total. The molecule has 0 aromatic carbocycles. The lowest BCUT2D eigenvalue weighted by atomic mass is 10.2. The molecule has 0 saturated carbocycles. The van der Waals surface area contributed by atoms with E-state index in [0.717, 1.165) is 6.54 Å².